The van der Waals surface area contributed by atoms with Crippen molar-refractivity contribution in [2.75, 3.05) is 19.6 Å². The first-order chi connectivity index (χ1) is 8.95. The van der Waals surface area contributed by atoms with Crippen molar-refractivity contribution >= 4 is 10.2 Å². The molecule has 1 aliphatic heterocycles. The lowest BCUT2D eigenvalue weighted by Crippen LogP contribution is -2.53. The Bertz CT molecular complexity index is 405. The Kier molecular flexibility index (Phi) is 5.63. The summed E-state index contributed by atoms with van der Waals surface area (Å²) in [7, 11) is -3.40. The first-order valence-electron chi connectivity index (χ1n) is 7.44. The van der Waals surface area contributed by atoms with E-state index in [0.29, 0.717) is 25.6 Å². The fourth-order valence-electron chi connectivity index (χ4n) is 3.16. The van der Waals surface area contributed by atoms with Crippen LogP contribution in [0.3, 0.4) is 0 Å². The fraction of sp³-hybridized carbons (Fsp3) is 1.00. The lowest BCUT2D eigenvalue weighted by Gasteiger charge is -2.37. The Morgan fingerprint density at radius 3 is 2.05 bits per heavy atom. The van der Waals surface area contributed by atoms with E-state index in [1.807, 2.05) is 13.8 Å². The fourth-order valence-corrected chi connectivity index (χ4v) is 4.75. The van der Waals surface area contributed by atoms with Crippen molar-refractivity contribution in [3.63, 3.8) is 0 Å². The highest BCUT2D eigenvalue weighted by Crippen LogP contribution is 2.28. The van der Waals surface area contributed by atoms with E-state index in [9.17, 15) is 8.42 Å². The number of hydrogen-bond acceptors (Lipinski definition) is 3. The van der Waals surface area contributed by atoms with E-state index in [-0.39, 0.29) is 5.41 Å². The molecule has 0 aliphatic carbocycles. The number of nitrogens with one attached hydrogen (secondary N) is 1. The van der Waals surface area contributed by atoms with Gasteiger partial charge in [-0.05, 0) is 51.0 Å². The van der Waals surface area contributed by atoms with Crippen LogP contribution in [0.4, 0.5) is 0 Å². The van der Waals surface area contributed by atoms with Crippen LogP contribution in [0.25, 0.3) is 0 Å². The molecular weight excluding hydrogens is 274 g/mol. The second-order valence-electron chi connectivity index (χ2n) is 7.81. The van der Waals surface area contributed by atoms with Gasteiger partial charge in [0.15, 0.2) is 0 Å². The summed E-state index contributed by atoms with van der Waals surface area (Å²) in [6, 6.07) is 0. The Labute approximate surface area is 124 Å². The van der Waals surface area contributed by atoms with Crippen LogP contribution in [0.5, 0.6) is 0 Å². The van der Waals surface area contributed by atoms with Gasteiger partial charge in [-0.2, -0.15) is 17.4 Å². The summed E-state index contributed by atoms with van der Waals surface area (Å²) in [4.78, 5) is 0. The maximum atomic E-state index is 12.5. The third-order valence-electron chi connectivity index (χ3n) is 3.62. The molecule has 0 aromatic heterocycles. The van der Waals surface area contributed by atoms with Gasteiger partial charge in [-0.3, -0.25) is 0 Å². The van der Waals surface area contributed by atoms with Crippen LogP contribution < -0.4 is 10.5 Å². The lowest BCUT2D eigenvalue weighted by atomic mass is 9.82. The molecule has 1 aliphatic rings. The number of hydrogen-bond donors (Lipinski definition) is 2. The van der Waals surface area contributed by atoms with Gasteiger partial charge in [-0.1, -0.05) is 20.8 Å². The lowest BCUT2D eigenvalue weighted by molar-refractivity contribution is 0.248. The average Bonchev–Trinajstić information content (AvgIpc) is 2.24. The minimum atomic E-state index is -3.40. The normalized spacial score (nSPS) is 20.3. The molecule has 0 spiro atoms. The predicted molar refractivity (Wildman–Crippen MR) is 83.6 cm³/mol. The third kappa shape index (κ3) is 5.68. The van der Waals surface area contributed by atoms with Gasteiger partial charge >= 0.3 is 0 Å². The highest BCUT2D eigenvalue weighted by Gasteiger charge is 2.34. The van der Waals surface area contributed by atoms with Gasteiger partial charge in [0.1, 0.15) is 0 Å². The van der Waals surface area contributed by atoms with E-state index < -0.39 is 15.7 Å². The monoisotopic (exact) mass is 305 g/mol. The maximum absolute atomic E-state index is 12.5. The Morgan fingerprint density at radius 2 is 1.65 bits per heavy atom. The Morgan fingerprint density at radius 1 is 1.15 bits per heavy atom. The molecule has 0 saturated carbocycles. The zero-order chi connectivity index (χ0) is 15.6. The zero-order valence-corrected chi connectivity index (χ0v) is 14.4. The van der Waals surface area contributed by atoms with Crippen LogP contribution in [0.1, 0.15) is 53.9 Å². The molecule has 20 heavy (non-hydrogen) atoms. The summed E-state index contributed by atoms with van der Waals surface area (Å²) < 4.78 is 29.3. The Hall–Kier alpha value is -0.170. The van der Waals surface area contributed by atoms with Crippen molar-refractivity contribution in [3.8, 4) is 0 Å². The highest BCUT2D eigenvalue weighted by atomic mass is 32.2. The van der Waals surface area contributed by atoms with E-state index in [0.717, 1.165) is 19.3 Å². The molecule has 1 heterocycles. The van der Waals surface area contributed by atoms with Crippen molar-refractivity contribution in [2.24, 2.45) is 17.1 Å². The number of piperidine rings is 1. The molecule has 6 heteroatoms. The van der Waals surface area contributed by atoms with Crippen LogP contribution in [0, 0.1) is 11.3 Å². The Balaban J connectivity index is 2.66. The SMILES string of the molecule is CC(C)(C)CC(C)(C)NS(=O)(=O)N1CCC(CN)CC1. The molecule has 0 unspecified atom stereocenters. The molecule has 0 aromatic rings. The van der Waals surface area contributed by atoms with Gasteiger partial charge in [-0.15, -0.1) is 0 Å². The molecule has 0 aromatic carbocycles. The molecule has 120 valence electrons. The van der Waals surface area contributed by atoms with Crippen molar-refractivity contribution in [1.82, 2.24) is 9.03 Å². The minimum Gasteiger partial charge on any atom is -0.330 e. The first kappa shape index (κ1) is 17.9. The molecule has 0 amide bonds. The van der Waals surface area contributed by atoms with Crippen LogP contribution in [0.2, 0.25) is 0 Å². The van der Waals surface area contributed by atoms with Gasteiger partial charge < -0.3 is 5.73 Å². The number of nitrogens with zero attached hydrogens (tertiary/aromatic N) is 1. The van der Waals surface area contributed by atoms with Gasteiger partial charge in [0.05, 0.1) is 0 Å². The van der Waals surface area contributed by atoms with Gasteiger partial charge in [0.2, 0.25) is 0 Å². The van der Waals surface area contributed by atoms with E-state index in [1.165, 1.54) is 0 Å². The van der Waals surface area contributed by atoms with E-state index >= 15 is 0 Å². The molecule has 1 rings (SSSR count). The van der Waals surface area contributed by atoms with Crippen LogP contribution >= 0.6 is 0 Å². The topological polar surface area (TPSA) is 75.4 Å². The quantitative estimate of drug-likeness (QED) is 0.812. The molecule has 3 N–H and O–H groups in total. The molecule has 0 radical (unpaired) electrons. The van der Waals surface area contributed by atoms with E-state index in [2.05, 4.69) is 25.5 Å². The first-order valence-corrected chi connectivity index (χ1v) is 8.88. The largest absolute Gasteiger partial charge is 0.330 e. The molecular formula is C14H31N3O2S. The van der Waals surface area contributed by atoms with Gasteiger partial charge in [0, 0.05) is 18.6 Å². The second-order valence-corrected chi connectivity index (χ2v) is 9.48. The molecule has 1 saturated heterocycles. The standard InChI is InChI=1S/C14H31N3O2S/c1-13(2,3)11-14(4,5)16-20(18,19)17-8-6-12(10-15)7-9-17/h12,16H,6-11,15H2,1-5H3. The summed E-state index contributed by atoms with van der Waals surface area (Å²) in [6.45, 7) is 12.1. The van der Waals surface area contributed by atoms with Crippen molar-refractivity contribution in [3.05, 3.63) is 0 Å². The zero-order valence-electron chi connectivity index (χ0n) is 13.6. The van der Waals surface area contributed by atoms with Crippen LogP contribution in [-0.4, -0.2) is 37.9 Å². The molecule has 0 bridgehead atoms. The molecule has 1 fully saturated rings. The average molecular weight is 305 g/mol. The molecule has 5 nitrogen and oxygen atoms in total. The second kappa shape index (κ2) is 6.30. The van der Waals surface area contributed by atoms with Crippen molar-refractivity contribution in [1.29, 1.82) is 0 Å². The summed E-state index contributed by atoms with van der Waals surface area (Å²) >= 11 is 0. The summed E-state index contributed by atoms with van der Waals surface area (Å²) in [5, 5.41) is 0. The minimum absolute atomic E-state index is 0.0819. The summed E-state index contributed by atoms with van der Waals surface area (Å²) in [6.07, 6.45) is 2.51. The van der Waals surface area contributed by atoms with Crippen molar-refractivity contribution < 1.29 is 8.42 Å². The van der Waals surface area contributed by atoms with Crippen LogP contribution in [-0.2, 0) is 10.2 Å². The smallest absolute Gasteiger partial charge is 0.279 e. The van der Waals surface area contributed by atoms with E-state index in [1.54, 1.807) is 4.31 Å². The predicted octanol–water partition coefficient (Wildman–Crippen LogP) is 1.71. The van der Waals surface area contributed by atoms with E-state index in [4.69, 9.17) is 5.73 Å². The number of rotatable bonds is 5. The van der Waals surface area contributed by atoms with Gasteiger partial charge in [-0.25, -0.2) is 0 Å². The maximum Gasteiger partial charge on any atom is 0.279 e. The van der Waals surface area contributed by atoms with Gasteiger partial charge in [0.25, 0.3) is 10.2 Å². The summed E-state index contributed by atoms with van der Waals surface area (Å²) in [5.74, 6) is 0.462. The summed E-state index contributed by atoms with van der Waals surface area (Å²) in [5.41, 5.74) is 5.28. The van der Waals surface area contributed by atoms with Crippen molar-refractivity contribution in [2.45, 2.75) is 59.4 Å². The third-order valence-corrected chi connectivity index (χ3v) is 5.48. The number of nitrogens with two attached hydrogens (primary N) is 1. The molecule has 0 atom stereocenters. The highest BCUT2D eigenvalue weighted by molar-refractivity contribution is 7.87. The van der Waals surface area contributed by atoms with Crippen LogP contribution in [0.15, 0.2) is 0 Å².